The Hall–Kier alpha value is -4.21. The van der Waals surface area contributed by atoms with Crippen LogP contribution in [-0.4, -0.2) is 26.5 Å². The first-order valence-corrected chi connectivity index (χ1v) is 12.6. The van der Waals surface area contributed by atoms with Gasteiger partial charge >= 0.3 is 0 Å². The number of benzene rings is 2. The third kappa shape index (κ3) is 5.39. The van der Waals surface area contributed by atoms with Gasteiger partial charge in [0.05, 0.1) is 47.5 Å². The van der Waals surface area contributed by atoms with E-state index in [-0.39, 0.29) is 11.5 Å². The predicted octanol–water partition coefficient (Wildman–Crippen LogP) is 6.38. The minimum absolute atomic E-state index is 0.272. The molecule has 38 heavy (non-hydrogen) atoms. The standard InChI is InChI=1S/C28H26ClFN8/c1-28(2,9-10-31)16-34-25-18(13-32)14-33-27-22(25)11-20(12-23(27)29)35-26(17-3-5-19(30)6-4-17)24-15-38(37-36-24)21-7-8-21/h3-6,11-12,14-15,21,26,35H,7-9,16H2,1-2H3,(H,33,34)/t26-/m1/s1/i26D. The van der Waals surface area contributed by atoms with E-state index in [1.54, 1.807) is 23.0 Å². The maximum absolute atomic E-state index is 13.8. The molecular formula is C28H26ClFN8. The average molecular weight is 530 g/mol. The Labute approximate surface area is 226 Å². The van der Waals surface area contributed by atoms with Gasteiger partial charge in [0.25, 0.3) is 0 Å². The van der Waals surface area contributed by atoms with Crippen LogP contribution in [0.15, 0.2) is 48.8 Å². The first kappa shape index (κ1) is 24.1. The van der Waals surface area contributed by atoms with Crippen LogP contribution < -0.4 is 10.6 Å². The molecule has 0 aliphatic heterocycles. The monoisotopic (exact) mass is 529 g/mol. The van der Waals surface area contributed by atoms with Crippen LogP contribution in [0.3, 0.4) is 0 Å². The van der Waals surface area contributed by atoms with Crippen LogP contribution in [0.5, 0.6) is 0 Å². The average Bonchev–Trinajstić information content (AvgIpc) is 3.63. The number of rotatable bonds is 9. The van der Waals surface area contributed by atoms with Crippen molar-refractivity contribution in [2.75, 3.05) is 17.2 Å². The second-order valence-corrected chi connectivity index (χ2v) is 10.6. The fourth-order valence-corrected chi connectivity index (χ4v) is 4.43. The maximum atomic E-state index is 13.8. The summed E-state index contributed by atoms with van der Waals surface area (Å²) in [6, 6.07) is 12.1. The fourth-order valence-electron chi connectivity index (χ4n) is 4.16. The molecule has 10 heteroatoms. The molecule has 0 radical (unpaired) electrons. The molecule has 5 rings (SSSR count). The van der Waals surface area contributed by atoms with Crippen LogP contribution in [0, 0.1) is 33.9 Å². The molecule has 1 aliphatic rings. The van der Waals surface area contributed by atoms with E-state index < -0.39 is 11.8 Å². The summed E-state index contributed by atoms with van der Waals surface area (Å²) < 4.78 is 25.0. The van der Waals surface area contributed by atoms with Crippen molar-refractivity contribution in [3.05, 3.63) is 76.5 Å². The lowest BCUT2D eigenvalue weighted by Gasteiger charge is -2.24. The lowest BCUT2D eigenvalue weighted by atomic mass is 9.90. The highest BCUT2D eigenvalue weighted by molar-refractivity contribution is 6.35. The number of pyridine rings is 1. The number of halogens is 2. The summed E-state index contributed by atoms with van der Waals surface area (Å²) in [4.78, 5) is 4.40. The van der Waals surface area contributed by atoms with Gasteiger partial charge in [-0.1, -0.05) is 42.8 Å². The number of nitrogens with zero attached hydrogens (tertiary/aromatic N) is 6. The number of nitrogens with one attached hydrogen (secondary N) is 2. The topological polar surface area (TPSA) is 115 Å². The van der Waals surface area contributed by atoms with Crippen molar-refractivity contribution in [1.29, 1.82) is 10.5 Å². The molecule has 1 atom stereocenters. The highest BCUT2D eigenvalue weighted by Crippen LogP contribution is 2.37. The molecule has 0 saturated heterocycles. The Morgan fingerprint density at radius 2 is 2.03 bits per heavy atom. The van der Waals surface area contributed by atoms with E-state index in [4.69, 9.17) is 11.6 Å². The smallest absolute Gasteiger partial charge is 0.123 e. The van der Waals surface area contributed by atoms with Crippen molar-refractivity contribution in [2.24, 2.45) is 5.41 Å². The van der Waals surface area contributed by atoms with Crippen molar-refractivity contribution in [3.8, 4) is 12.1 Å². The quantitative estimate of drug-likeness (QED) is 0.258. The number of fused-ring (bicyclic) bond motifs is 1. The van der Waals surface area contributed by atoms with Crippen LogP contribution in [0.1, 0.15) is 63.4 Å². The highest BCUT2D eigenvalue weighted by atomic mass is 35.5. The first-order chi connectivity index (χ1) is 18.6. The molecule has 8 nitrogen and oxygen atoms in total. The van der Waals surface area contributed by atoms with Crippen LogP contribution in [0.2, 0.25) is 5.02 Å². The zero-order chi connectivity index (χ0) is 27.8. The van der Waals surface area contributed by atoms with Crippen molar-refractivity contribution in [3.63, 3.8) is 0 Å². The van der Waals surface area contributed by atoms with Gasteiger partial charge in [0.1, 0.15) is 17.6 Å². The molecule has 0 bridgehead atoms. The Morgan fingerprint density at radius 1 is 1.26 bits per heavy atom. The lowest BCUT2D eigenvalue weighted by Crippen LogP contribution is -2.23. The van der Waals surface area contributed by atoms with Crippen LogP contribution in [0.25, 0.3) is 10.9 Å². The summed E-state index contributed by atoms with van der Waals surface area (Å²) in [7, 11) is 0. The molecule has 0 unspecified atom stereocenters. The Kier molecular flexibility index (Phi) is 6.53. The Bertz CT molecular complexity index is 1620. The normalized spacial score (nSPS) is 15.3. The zero-order valence-corrected chi connectivity index (χ0v) is 21.7. The summed E-state index contributed by atoms with van der Waals surface area (Å²) >= 11 is 6.67. The maximum Gasteiger partial charge on any atom is 0.123 e. The molecule has 4 aromatic rings. The van der Waals surface area contributed by atoms with E-state index in [0.717, 1.165) is 12.8 Å². The predicted molar refractivity (Wildman–Crippen MR) is 144 cm³/mol. The number of nitriles is 2. The Morgan fingerprint density at radius 3 is 2.71 bits per heavy atom. The molecule has 0 amide bonds. The van der Waals surface area contributed by atoms with Crippen LogP contribution in [0.4, 0.5) is 15.8 Å². The summed E-state index contributed by atoms with van der Waals surface area (Å²) in [5, 5.41) is 35.0. The molecule has 0 spiro atoms. The second-order valence-electron chi connectivity index (χ2n) is 10.2. The molecular weight excluding hydrogens is 503 g/mol. The minimum atomic E-state index is -1.62. The molecule has 2 aromatic heterocycles. The van der Waals surface area contributed by atoms with Gasteiger partial charge in [-0.2, -0.15) is 10.5 Å². The lowest BCUT2D eigenvalue weighted by molar-refractivity contribution is 0.403. The molecule has 2 aromatic carbocycles. The van der Waals surface area contributed by atoms with E-state index in [0.29, 0.717) is 57.1 Å². The number of hydrogen-bond acceptors (Lipinski definition) is 7. The SMILES string of the molecule is [2H][C@@](Nc1cc(Cl)c2ncc(C#N)c(NCC(C)(C)CC#N)c2c1)(c1ccc(F)cc1)c1cn(C2CC2)nn1. The second kappa shape index (κ2) is 10.3. The van der Waals surface area contributed by atoms with E-state index in [1.807, 2.05) is 13.8 Å². The highest BCUT2D eigenvalue weighted by Gasteiger charge is 2.27. The van der Waals surface area contributed by atoms with Gasteiger partial charge in [0.2, 0.25) is 0 Å². The van der Waals surface area contributed by atoms with Gasteiger partial charge < -0.3 is 10.6 Å². The van der Waals surface area contributed by atoms with Crippen molar-refractivity contribution in [2.45, 2.75) is 45.2 Å². The van der Waals surface area contributed by atoms with Gasteiger partial charge in [-0.05, 0) is 48.1 Å². The first-order valence-electron chi connectivity index (χ1n) is 12.7. The molecule has 1 aliphatic carbocycles. The van der Waals surface area contributed by atoms with Gasteiger partial charge in [-0.3, -0.25) is 4.98 Å². The van der Waals surface area contributed by atoms with Crippen molar-refractivity contribution in [1.82, 2.24) is 20.0 Å². The molecule has 1 fully saturated rings. The minimum Gasteiger partial charge on any atom is -0.383 e. The Balaban J connectivity index is 1.60. The number of anilines is 2. The van der Waals surface area contributed by atoms with Crippen molar-refractivity contribution >= 4 is 33.9 Å². The summed E-state index contributed by atoms with van der Waals surface area (Å²) in [6.07, 6.45) is 5.55. The third-order valence-electron chi connectivity index (χ3n) is 6.44. The van der Waals surface area contributed by atoms with E-state index in [9.17, 15) is 16.3 Å². The van der Waals surface area contributed by atoms with Crippen LogP contribution in [-0.2, 0) is 0 Å². The van der Waals surface area contributed by atoms with E-state index in [1.165, 1.54) is 30.5 Å². The van der Waals surface area contributed by atoms with E-state index in [2.05, 4.69) is 38.1 Å². The zero-order valence-electron chi connectivity index (χ0n) is 22.0. The van der Waals surface area contributed by atoms with Gasteiger partial charge in [0.15, 0.2) is 0 Å². The van der Waals surface area contributed by atoms with Crippen molar-refractivity contribution < 1.29 is 5.76 Å². The van der Waals surface area contributed by atoms with E-state index >= 15 is 0 Å². The summed E-state index contributed by atoms with van der Waals surface area (Å²) in [5.74, 6) is -0.415. The van der Waals surface area contributed by atoms with Gasteiger partial charge in [0, 0.05) is 30.2 Å². The summed E-state index contributed by atoms with van der Waals surface area (Å²) in [6.45, 7) is 4.36. The largest absolute Gasteiger partial charge is 0.383 e. The molecule has 1 saturated carbocycles. The molecule has 2 heterocycles. The van der Waals surface area contributed by atoms with Gasteiger partial charge in [-0.15, -0.1) is 5.10 Å². The summed E-state index contributed by atoms with van der Waals surface area (Å²) in [5.41, 5.74) is 2.29. The third-order valence-corrected chi connectivity index (χ3v) is 6.72. The van der Waals surface area contributed by atoms with Crippen LogP contribution >= 0.6 is 11.6 Å². The molecule has 2 N–H and O–H groups in total. The number of hydrogen-bond donors (Lipinski definition) is 2. The number of aromatic nitrogens is 4. The molecule has 192 valence electrons. The van der Waals surface area contributed by atoms with Gasteiger partial charge in [-0.25, -0.2) is 9.07 Å². The fraction of sp³-hybridized carbons (Fsp3) is 0.321.